The van der Waals surface area contributed by atoms with Crippen LogP contribution in [-0.4, -0.2) is 17.6 Å². The summed E-state index contributed by atoms with van der Waals surface area (Å²) in [7, 11) is 0. The van der Waals surface area contributed by atoms with Gasteiger partial charge in [-0.05, 0) is 32.4 Å². The van der Waals surface area contributed by atoms with Gasteiger partial charge in [0.2, 0.25) is 0 Å². The van der Waals surface area contributed by atoms with Crippen molar-refractivity contribution in [2.75, 3.05) is 17.2 Å². The number of nitrogens with zero attached hydrogens (tertiary/aromatic N) is 1. The predicted octanol–water partition coefficient (Wildman–Crippen LogP) is 2.72. The molecule has 3 heteroatoms. The first-order valence-corrected chi connectivity index (χ1v) is 5.22. The zero-order valence-electron chi connectivity index (χ0n) is 9.17. The van der Waals surface area contributed by atoms with Crippen LogP contribution in [0.3, 0.4) is 0 Å². The zero-order valence-corrected chi connectivity index (χ0v) is 9.17. The highest BCUT2D eigenvalue weighted by Gasteiger charge is 1.99. The number of anilines is 2. The van der Waals surface area contributed by atoms with Crippen LogP contribution in [-0.2, 0) is 0 Å². The van der Waals surface area contributed by atoms with Crippen LogP contribution in [0.15, 0.2) is 18.3 Å². The molecular weight excluding hydrogens is 174 g/mol. The maximum absolute atomic E-state index is 4.31. The highest BCUT2D eigenvalue weighted by atomic mass is 15.0. The molecule has 78 valence electrons. The third kappa shape index (κ3) is 3.24. The lowest BCUT2D eigenvalue weighted by Gasteiger charge is -2.12. The van der Waals surface area contributed by atoms with Gasteiger partial charge in [0.25, 0.3) is 0 Å². The second-order valence-corrected chi connectivity index (χ2v) is 3.42. The van der Waals surface area contributed by atoms with Gasteiger partial charge in [0, 0.05) is 12.6 Å². The number of hydrogen-bond acceptors (Lipinski definition) is 3. The standard InChI is InChI=1S/C11H19N3/c1-4-9(3)14-11-7-6-10(8-13-11)12-5-2/h6-9,12H,4-5H2,1-3H3,(H,13,14). The van der Waals surface area contributed by atoms with Crippen LogP contribution < -0.4 is 10.6 Å². The van der Waals surface area contributed by atoms with Crippen molar-refractivity contribution >= 4 is 11.5 Å². The lowest BCUT2D eigenvalue weighted by atomic mass is 10.2. The third-order valence-corrected chi connectivity index (χ3v) is 2.15. The normalized spacial score (nSPS) is 12.2. The molecule has 1 aromatic rings. The van der Waals surface area contributed by atoms with Crippen molar-refractivity contribution in [3.8, 4) is 0 Å². The molecule has 0 amide bonds. The van der Waals surface area contributed by atoms with E-state index in [-0.39, 0.29) is 0 Å². The second-order valence-electron chi connectivity index (χ2n) is 3.42. The summed E-state index contributed by atoms with van der Waals surface area (Å²) in [6.07, 6.45) is 2.96. The molecule has 1 rings (SSSR count). The number of nitrogens with one attached hydrogen (secondary N) is 2. The van der Waals surface area contributed by atoms with E-state index < -0.39 is 0 Å². The summed E-state index contributed by atoms with van der Waals surface area (Å²) >= 11 is 0. The first kappa shape index (κ1) is 10.8. The monoisotopic (exact) mass is 193 g/mol. The molecule has 0 spiro atoms. The molecule has 0 bridgehead atoms. The Morgan fingerprint density at radius 1 is 1.36 bits per heavy atom. The number of pyridine rings is 1. The van der Waals surface area contributed by atoms with Crippen molar-refractivity contribution in [1.82, 2.24) is 4.98 Å². The Morgan fingerprint density at radius 3 is 2.64 bits per heavy atom. The van der Waals surface area contributed by atoms with Gasteiger partial charge in [-0.1, -0.05) is 6.92 Å². The summed E-state index contributed by atoms with van der Waals surface area (Å²) in [6, 6.07) is 4.53. The van der Waals surface area contributed by atoms with Crippen LogP contribution in [0.25, 0.3) is 0 Å². The van der Waals surface area contributed by atoms with E-state index in [0.717, 1.165) is 24.5 Å². The van der Waals surface area contributed by atoms with Gasteiger partial charge in [-0.2, -0.15) is 0 Å². The van der Waals surface area contributed by atoms with E-state index in [4.69, 9.17) is 0 Å². The molecular formula is C11H19N3. The largest absolute Gasteiger partial charge is 0.384 e. The van der Waals surface area contributed by atoms with Crippen LogP contribution in [0.5, 0.6) is 0 Å². The summed E-state index contributed by atoms with van der Waals surface area (Å²) in [5.74, 6) is 0.945. The van der Waals surface area contributed by atoms with E-state index >= 15 is 0 Å². The van der Waals surface area contributed by atoms with Crippen LogP contribution in [0.4, 0.5) is 11.5 Å². The van der Waals surface area contributed by atoms with Gasteiger partial charge in [0.15, 0.2) is 0 Å². The first-order chi connectivity index (χ1) is 6.76. The average Bonchev–Trinajstić information content (AvgIpc) is 2.21. The highest BCUT2D eigenvalue weighted by molar-refractivity contribution is 5.47. The summed E-state index contributed by atoms with van der Waals surface area (Å²) in [4.78, 5) is 4.31. The fourth-order valence-electron chi connectivity index (χ4n) is 1.14. The topological polar surface area (TPSA) is 37.0 Å². The van der Waals surface area contributed by atoms with Crippen LogP contribution in [0.1, 0.15) is 27.2 Å². The summed E-state index contributed by atoms with van der Waals surface area (Å²) in [5.41, 5.74) is 1.07. The van der Waals surface area contributed by atoms with Crippen LogP contribution in [0, 0.1) is 0 Å². The zero-order chi connectivity index (χ0) is 10.4. The molecule has 0 aliphatic heterocycles. The molecule has 0 saturated heterocycles. The molecule has 0 aromatic carbocycles. The van der Waals surface area contributed by atoms with Crippen molar-refractivity contribution in [2.45, 2.75) is 33.2 Å². The van der Waals surface area contributed by atoms with Gasteiger partial charge in [-0.15, -0.1) is 0 Å². The second kappa shape index (κ2) is 5.47. The van der Waals surface area contributed by atoms with E-state index in [0.29, 0.717) is 6.04 Å². The van der Waals surface area contributed by atoms with Gasteiger partial charge in [0.05, 0.1) is 11.9 Å². The van der Waals surface area contributed by atoms with E-state index in [1.165, 1.54) is 0 Å². The van der Waals surface area contributed by atoms with Crippen molar-refractivity contribution < 1.29 is 0 Å². The highest BCUT2D eigenvalue weighted by Crippen LogP contribution is 2.10. The predicted molar refractivity (Wildman–Crippen MR) is 61.8 cm³/mol. The van der Waals surface area contributed by atoms with Gasteiger partial charge < -0.3 is 10.6 Å². The van der Waals surface area contributed by atoms with Crippen LogP contribution in [0.2, 0.25) is 0 Å². The lowest BCUT2D eigenvalue weighted by molar-refractivity contribution is 0.759. The van der Waals surface area contributed by atoms with Gasteiger partial charge in [0.1, 0.15) is 5.82 Å². The average molecular weight is 193 g/mol. The molecule has 14 heavy (non-hydrogen) atoms. The smallest absolute Gasteiger partial charge is 0.126 e. The molecule has 0 aliphatic carbocycles. The Morgan fingerprint density at radius 2 is 2.14 bits per heavy atom. The van der Waals surface area contributed by atoms with Crippen molar-refractivity contribution in [3.05, 3.63) is 18.3 Å². The fourth-order valence-corrected chi connectivity index (χ4v) is 1.14. The maximum atomic E-state index is 4.31. The minimum atomic E-state index is 0.479. The lowest BCUT2D eigenvalue weighted by Crippen LogP contribution is -2.14. The fraction of sp³-hybridized carbons (Fsp3) is 0.545. The Labute approximate surface area is 85.9 Å². The number of rotatable bonds is 5. The molecule has 0 fully saturated rings. The summed E-state index contributed by atoms with van der Waals surface area (Å²) in [5, 5.41) is 6.53. The minimum absolute atomic E-state index is 0.479. The molecule has 1 unspecified atom stereocenters. The van der Waals surface area contributed by atoms with E-state index in [9.17, 15) is 0 Å². The molecule has 1 heterocycles. The van der Waals surface area contributed by atoms with Crippen LogP contribution >= 0.6 is 0 Å². The Hall–Kier alpha value is -1.25. The molecule has 1 aromatic heterocycles. The molecule has 3 nitrogen and oxygen atoms in total. The SMILES string of the molecule is CCNc1ccc(NC(C)CC)nc1. The van der Waals surface area contributed by atoms with Crippen molar-refractivity contribution in [2.24, 2.45) is 0 Å². The van der Waals surface area contributed by atoms with E-state index in [1.807, 2.05) is 18.3 Å². The van der Waals surface area contributed by atoms with Crippen molar-refractivity contribution in [1.29, 1.82) is 0 Å². The van der Waals surface area contributed by atoms with Gasteiger partial charge >= 0.3 is 0 Å². The first-order valence-electron chi connectivity index (χ1n) is 5.22. The molecule has 2 N–H and O–H groups in total. The summed E-state index contributed by atoms with van der Waals surface area (Å²) < 4.78 is 0. The molecule has 1 atom stereocenters. The Kier molecular flexibility index (Phi) is 4.23. The quantitative estimate of drug-likeness (QED) is 0.755. The molecule has 0 aliphatic rings. The van der Waals surface area contributed by atoms with Gasteiger partial charge in [-0.25, -0.2) is 4.98 Å². The van der Waals surface area contributed by atoms with Crippen molar-refractivity contribution in [3.63, 3.8) is 0 Å². The Bertz CT molecular complexity index is 256. The molecule has 0 saturated carbocycles. The number of aromatic nitrogens is 1. The third-order valence-electron chi connectivity index (χ3n) is 2.15. The maximum Gasteiger partial charge on any atom is 0.126 e. The van der Waals surface area contributed by atoms with Gasteiger partial charge in [-0.3, -0.25) is 0 Å². The number of hydrogen-bond donors (Lipinski definition) is 2. The minimum Gasteiger partial charge on any atom is -0.384 e. The molecule has 0 radical (unpaired) electrons. The van der Waals surface area contributed by atoms with E-state index in [1.54, 1.807) is 0 Å². The van der Waals surface area contributed by atoms with E-state index in [2.05, 4.69) is 36.4 Å². The summed E-state index contributed by atoms with van der Waals surface area (Å²) in [6.45, 7) is 7.32. The Balaban J connectivity index is 2.54.